The van der Waals surface area contributed by atoms with E-state index in [0.717, 1.165) is 23.6 Å². The molecule has 0 unspecified atom stereocenters. The molecule has 2 rings (SSSR count). The Balaban J connectivity index is 1.64. The van der Waals surface area contributed by atoms with Crippen molar-refractivity contribution in [2.45, 2.75) is 6.42 Å². The van der Waals surface area contributed by atoms with Crippen molar-refractivity contribution in [3.63, 3.8) is 0 Å². The van der Waals surface area contributed by atoms with Gasteiger partial charge in [-0.2, -0.15) is 0 Å². The van der Waals surface area contributed by atoms with Crippen molar-refractivity contribution in [1.29, 1.82) is 0 Å². The van der Waals surface area contributed by atoms with Crippen molar-refractivity contribution in [2.24, 2.45) is 0 Å². The Morgan fingerprint density at radius 2 is 1.35 bits per heavy atom. The lowest BCUT2D eigenvalue weighted by atomic mass is 10.3. The SMILES string of the molecule is CNc1ccc(OCCCOc2ccc(Cl)cc2)cc1. The molecule has 0 aliphatic carbocycles. The maximum atomic E-state index is 5.80. The molecule has 0 radical (unpaired) electrons. The maximum absolute atomic E-state index is 5.80. The molecule has 2 aromatic rings. The summed E-state index contributed by atoms with van der Waals surface area (Å²) in [5.74, 6) is 1.70. The normalized spacial score (nSPS) is 10.1. The molecule has 1 N–H and O–H groups in total. The second-order valence-electron chi connectivity index (χ2n) is 4.28. The lowest BCUT2D eigenvalue weighted by molar-refractivity contribution is 0.247. The topological polar surface area (TPSA) is 30.5 Å². The van der Waals surface area contributed by atoms with Crippen LogP contribution in [-0.4, -0.2) is 20.3 Å². The van der Waals surface area contributed by atoms with Crippen LogP contribution in [0.2, 0.25) is 5.02 Å². The minimum absolute atomic E-state index is 0.621. The van der Waals surface area contributed by atoms with Crippen LogP contribution in [-0.2, 0) is 0 Å². The van der Waals surface area contributed by atoms with Crippen LogP contribution in [0.25, 0.3) is 0 Å². The lowest BCUT2D eigenvalue weighted by Crippen LogP contribution is -2.04. The number of rotatable bonds is 7. The highest BCUT2D eigenvalue weighted by molar-refractivity contribution is 6.30. The molecule has 4 heteroatoms. The summed E-state index contributed by atoms with van der Waals surface area (Å²) in [7, 11) is 1.89. The molecular weight excluding hydrogens is 274 g/mol. The molecule has 0 saturated carbocycles. The lowest BCUT2D eigenvalue weighted by Gasteiger charge is -2.08. The fourth-order valence-electron chi connectivity index (χ4n) is 1.69. The third-order valence-electron chi connectivity index (χ3n) is 2.78. The van der Waals surface area contributed by atoms with Gasteiger partial charge in [0.25, 0.3) is 0 Å². The maximum Gasteiger partial charge on any atom is 0.119 e. The monoisotopic (exact) mass is 291 g/mol. The predicted octanol–water partition coefficient (Wildman–Crippen LogP) is 4.23. The number of hydrogen-bond donors (Lipinski definition) is 1. The summed E-state index contributed by atoms with van der Waals surface area (Å²) in [5.41, 5.74) is 1.07. The van der Waals surface area contributed by atoms with Crippen molar-refractivity contribution >= 4 is 17.3 Å². The van der Waals surface area contributed by atoms with E-state index >= 15 is 0 Å². The Hall–Kier alpha value is -1.87. The van der Waals surface area contributed by atoms with E-state index in [1.165, 1.54) is 0 Å². The Morgan fingerprint density at radius 3 is 1.85 bits per heavy atom. The van der Waals surface area contributed by atoms with Crippen molar-refractivity contribution in [1.82, 2.24) is 0 Å². The third-order valence-corrected chi connectivity index (χ3v) is 3.03. The van der Waals surface area contributed by atoms with Crippen LogP contribution in [0.5, 0.6) is 11.5 Å². The Bertz CT molecular complexity index is 511. The summed E-state index contributed by atoms with van der Waals surface area (Å²) < 4.78 is 11.2. The zero-order chi connectivity index (χ0) is 14.2. The van der Waals surface area contributed by atoms with Gasteiger partial charge >= 0.3 is 0 Å². The van der Waals surface area contributed by atoms with Crippen molar-refractivity contribution in [3.05, 3.63) is 53.6 Å². The summed E-state index contributed by atoms with van der Waals surface area (Å²) in [6.45, 7) is 1.25. The molecule has 0 aromatic heterocycles. The molecule has 0 aliphatic heterocycles. The number of hydrogen-bond acceptors (Lipinski definition) is 3. The largest absolute Gasteiger partial charge is 0.493 e. The van der Waals surface area contributed by atoms with Gasteiger partial charge in [0.1, 0.15) is 11.5 Å². The van der Waals surface area contributed by atoms with Crippen LogP contribution in [0.3, 0.4) is 0 Å². The number of halogens is 1. The van der Waals surface area contributed by atoms with E-state index < -0.39 is 0 Å². The molecule has 0 heterocycles. The minimum atomic E-state index is 0.621. The molecule has 0 bridgehead atoms. The molecular formula is C16H18ClNO2. The van der Waals surface area contributed by atoms with Gasteiger partial charge in [-0.25, -0.2) is 0 Å². The van der Waals surface area contributed by atoms with Crippen molar-refractivity contribution in [2.75, 3.05) is 25.6 Å². The van der Waals surface area contributed by atoms with Gasteiger partial charge < -0.3 is 14.8 Å². The summed E-state index contributed by atoms with van der Waals surface area (Å²) in [6, 6.07) is 15.2. The Labute approximate surface area is 124 Å². The first kappa shape index (κ1) is 14.5. The molecule has 0 saturated heterocycles. The zero-order valence-corrected chi connectivity index (χ0v) is 12.2. The molecule has 0 spiro atoms. The van der Waals surface area contributed by atoms with Gasteiger partial charge in [0.2, 0.25) is 0 Å². The third kappa shape index (κ3) is 4.67. The van der Waals surface area contributed by atoms with Crippen LogP contribution < -0.4 is 14.8 Å². The summed E-state index contributed by atoms with van der Waals surface area (Å²) in [6.07, 6.45) is 0.830. The minimum Gasteiger partial charge on any atom is -0.493 e. The van der Waals surface area contributed by atoms with E-state index in [-0.39, 0.29) is 0 Å². The number of ether oxygens (including phenoxy) is 2. The van der Waals surface area contributed by atoms with Crippen molar-refractivity contribution in [3.8, 4) is 11.5 Å². The highest BCUT2D eigenvalue weighted by Crippen LogP contribution is 2.16. The highest BCUT2D eigenvalue weighted by atomic mass is 35.5. The van der Waals surface area contributed by atoms with E-state index in [2.05, 4.69) is 5.32 Å². The standard InChI is InChI=1S/C16H18ClNO2/c1-18-14-5-9-16(10-6-14)20-12-2-11-19-15-7-3-13(17)4-8-15/h3-10,18H,2,11-12H2,1H3. The van der Waals surface area contributed by atoms with E-state index in [0.29, 0.717) is 18.2 Å². The first-order valence-corrected chi connectivity index (χ1v) is 6.95. The first-order valence-electron chi connectivity index (χ1n) is 6.57. The molecule has 0 amide bonds. The van der Waals surface area contributed by atoms with Gasteiger partial charge in [-0.1, -0.05) is 11.6 Å². The second kappa shape index (κ2) is 7.65. The fraction of sp³-hybridized carbons (Fsp3) is 0.250. The van der Waals surface area contributed by atoms with Crippen LogP contribution in [0.15, 0.2) is 48.5 Å². The quantitative estimate of drug-likeness (QED) is 0.774. The van der Waals surface area contributed by atoms with E-state index in [1.54, 1.807) is 0 Å². The fourth-order valence-corrected chi connectivity index (χ4v) is 1.81. The smallest absolute Gasteiger partial charge is 0.119 e. The van der Waals surface area contributed by atoms with Gasteiger partial charge in [0, 0.05) is 24.2 Å². The number of benzene rings is 2. The van der Waals surface area contributed by atoms with Crippen LogP contribution >= 0.6 is 11.6 Å². The highest BCUT2D eigenvalue weighted by Gasteiger charge is 1.96. The predicted molar refractivity (Wildman–Crippen MR) is 83.0 cm³/mol. The van der Waals surface area contributed by atoms with Crippen LogP contribution in [0.1, 0.15) is 6.42 Å². The van der Waals surface area contributed by atoms with Gasteiger partial charge in [-0.15, -0.1) is 0 Å². The Kier molecular flexibility index (Phi) is 5.56. The van der Waals surface area contributed by atoms with Crippen molar-refractivity contribution < 1.29 is 9.47 Å². The summed E-state index contributed by atoms with van der Waals surface area (Å²) in [5, 5.41) is 3.78. The van der Waals surface area contributed by atoms with Gasteiger partial charge in [0.05, 0.1) is 13.2 Å². The molecule has 0 aliphatic rings. The second-order valence-corrected chi connectivity index (χ2v) is 4.72. The molecule has 20 heavy (non-hydrogen) atoms. The Morgan fingerprint density at radius 1 is 0.850 bits per heavy atom. The van der Waals surface area contributed by atoms with E-state index in [4.69, 9.17) is 21.1 Å². The van der Waals surface area contributed by atoms with Gasteiger partial charge in [-0.3, -0.25) is 0 Å². The molecule has 3 nitrogen and oxygen atoms in total. The van der Waals surface area contributed by atoms with Crippen LogP contribution in [0, 0.1) is 0 Å². The van der Waals surface area contributed by atoms with Crippen LogP contribution in [0.4, 0.5) is 5.69 Å². The average Bonchev–Trinajstić information content (AvgIpc) is 2.49. The van der Waals surface area contributed by atoms with E-state index in [9.17, 15) is 0 Å². The summed E-state index contributed by atoms with van der Waals surface area (Å²) in [4.78, 5) is 0. The molecule has 2 aromatic carbocycles. The zero-order valence-electron chi connectivity index (χ0n) is 11.4. The number of nitrogens with one attached hydrogen (secondary N) is 1. The van der Waals surface area contributed by atoms with E-state index in [1.807, 2.05) is 55.6 Å². The van der Waals surface area contributed by atoms with Gasteiger partial charge in [-0.05, 0) is 48.5 Å². The molecule has 0 fully saturated rings. The van der Waals surface area contributed by atoms with Gasteiger partial charge in [0.15, 0.2) is 0 Å². The molecule has 0 atom stereocenters. The average molecular weight is 292 g/mol. The number of anilines is 1. The first-order chi connectivity index (χ1) is 9.78. The summed E-state index contributed by atoms with van der Waals surface area (Å²) >= 11 is 5.80. The molecule has 106 valence electrons.